The van der Waals surface area contributed by atoms with Crippen molar-refractivity contribution in [3.63, 3.8) is 0 Å². The summed E-state index contributed by atoms with van der Waals surface area (Å²) in [5, 5.41) is 0. The average Bonchev–Trinajstić information content (AvgIpc) is 3.14. The van der Waals surface area contributed by atoms with Gasteiger partial charge in [-0.3, -0.25) is 4.98 Å². The number of fused-ring (bicyclic) bond motifs is 1. The van der Waals surface area contributed by atoms with Crippen LogP contribution in [0.5, 0.6) is 0 Å². The van der Waals surface area contributed by atoms with Crippen molar-refractivity contribution in [2.45, 2.75) is 11.7 Å². The number of aromatic nitrogens is 3. The Balaban J connectivity index is 1.82. The van der Waals surface area contributed by atoms with Crippen LogP contribution < -0.4 is 5.73 Å². The molecule has 0 saturated carbocycles. The number of benzene rings is 2. The molecule has 164 valence electrons. The van der Waals surface area contributed by atoms with Crippen LogP contribution in [-0.2, 0) is 11.7 Å². The number of nitrogens with zero attached hydrogens (tertiary/aromatic N) is 4. The Labute approximate surface area is 185 Å². The summed E-state index contributed by atoms with van der Waals surface area (Å²) >= 11 is 0. The van der Waals surface area contributed by atoms with E-state index in [1.165, 1.54) is 24.5 Å². The van der Waals surface area contributed by atoms with Gasteiger partial charge in [0, 0.05) is 29.7 Å². The van der Waals surface area contributed by atoms with Gasteiger partial charge in [-0.15, -0.1) is 0 Å². The van der Waals surface area contributed by atoms with Crippen molar-refractivity contribution in [3.8, 4) is 11.1 Å². The first-order valence-electron chi connectivity index (χ1n) is 9.85. The van der Waals surface area contributed by atoms with Gasteiger partial charge in [0.2, 0.25) is 0 Å². The van der Waals surface area contributed by atoms with Gasteiger partial charge in [-0.1, -0.05) is 30.3 Å². The molecule has 5 nitrogen and oxygen atoms in total. The van der Waals surface area contributed by atoms with Crippen LogP contribution in [0.3, 0.4) is 0 Å². The van der Waals surface area contributed by atoms with Gasteiger partial charge < -0.3 is 5.73 Å². The molecule has 0 saturated heterocycles. The summed E-state index contributed by atoms with van der Waals surface area (Å²) < 4.78 is 55.3. The van der Waals surface area contributed by atoms with Crippen molar-refractivity contribution in [1.82, 2.24) is 15.0 Å². The van der Waals surface area contributed by atoms with Crippen LogP contribution in [0.25, 0.3) is 11.1 Å². The molecular weight excluding hydrogens is 434 g/mol. The van der Waals surface area contributed by atoms with Crippen molar-refractivity contribution in [2.24, 2.45) is 10.7 Å². The van der Waals surface area contributed by atoms with Crippen molar-refractivity contribution < 1.29 is 17.6 Å². The lowest BCUT2D eigenvalue weighted by Gasteiger charge is -2.30. The summed E-state index contributed by atoms with van der Waals surface area (Å²) in [7, 11) is 0. The lowest BCUT2D eigenvalue weighted by molar-refractivity contribution is -0.141. The number of nitrogens with two attached hydrogens (primary N) is 1. The molecule has 9 heteroatoms. The van der Waals surface area contributed by atoms with E-state index >= 15 is 0 Å². The predicted molar refractivity (Wildman–Crippen MR) is 114 cm³/mol. The maximum absolute atomic E-state index is 14.8. The van der Waals surface area contributed by atoms with E-state index in [0.29, 0.717) is 16.7 Å². The molecule has 2 aromatic heterocycles. The zero-order valence-corrected chi connectivity index (χ0v) is 16.9. The maximum Gasteiger partial charge on any atom is 0.433 e. The number of aliphatic imine (C=N–C) groups is 1. The van der Waals surface area contributed by atoms with E-state index < -0.39 is 23.2 Å². The van der Waals surface area contributed by atoms with E-state index in [4.69, 9.17) is 5.73 Å². The number of pyridine rings is 1. The largest absolute Gasteiger partial charge is 0.433 e. The molecule has 0 aliphatic carbocycles. The Kier molecular flexibility index (Phi) is 4.70. The monoisotopic (exact) mass is 449 g/mol. The van der Waals surface area contributed by atoms with Crippen LogP contribution in [-0.4, -0.2) is 20.8 Å². The topological polar surface area (TPSA) is 77.0 Å². The number of hydrogen-bond acceptors (Lipinski definition) is 5. The third kappa shape index (κ3) is 3.32. The Morgan fingerprint density at radius 3 is 2.33 bits per heavy atom. The molecule has 4 aromatic rings. The number of hydrogen-bond donors (Lipinski definition) is 1. The van der Waals surface area contributed by atoms with E-state index in [2.05, 4.69) is 19.9 Å². The highest BCUT2D eigenvalue weighted by atomic mass is 19.4. The van der Waals surface area contributed by atoms with Crippen LogP contribution in [0.2, 0.25) is 0 Å². The molecule has 2 aromatic carbocycles. The molecule has 5 rings (SSSR count). The highest BCUT2D eigenvalue weighted by molar-refractivity contribution is 6.03. The molecular formula is C24H15F4N5. The lowest BCUT2D eigenvalue weighted by atomic mass is 9.77. The number of rotatable bonds is 3. The molecule has 0 amide bonds. The van der Waals surface area contributed by atoms with Crippen LogP contribution in [0.4, 0.5) is 17.6 Å². The van der Waals surface area contributed by atoms with E-state index in [-0.39, 0.29) is 17.0 Å². The first-order valence-corrected chi connectivity index (χ1v) is 9.85. The minimum Gasteiger partial charge on any atom is -0.383 e. The molecule has 1 aliphatic rings. The van der Waals surface area contributed by atoms with Crippen LogP contribution in [0.15, 0.2) is 84.5 Å². The molecule has 2 N–H and O–H groups in total. The standard InChI is InChI=1S/C24H15F4N5/c25-19-6-2-5-18-21(19)22(29)33-23(18,17-7-8-32-20(10-17)24(26,27)28)16-4-1-3-14(9-16)15-11-30-13-31-12-15/h1-13H,(H2,29,33)/t23-/m0/s1. The Bertz CT molecular complexity index is 1390. The summed E-state index contributed by atoms with van der Waals surface area (Å²) in [6, 6.07) is 13.8. The highest BCUT2D eigenvalue weighted by Crippen LogP contribution is 2.47. The molecule has 0 fully saturated rings. The fraction of sp³-hybridized carbons (Fsp3) is 0.0833. The minimum absolute atomic E-state index is 0.0660. The van der Waals surface area contributed by atoms with Crippen molar-refractivity contribution in [1.29, 1.82) is 0 Å². The molecule has 3 heterocycles. The Hall–Kier alpha value is -4.14. The quantitative estimate of drug-likeness (QED) is 0.460. The van der Waals surface area contributed by atoms with Gasteiger partial charge in [0.15, 0.2) is 0 Å². The summed E-state index contributed by atoms with van der Waals surface area (Å²) in [6.45, 7) is 0. The number of halogens is 4. The van der Waals surface area contributed by atoms with Gasteiger partial charge >= 0.3 is 6.18 Å². The summed E-state index contributed by atoms with van der Waals surface area (Å²) in [5.74, 6) is -0.699. The van der Waals surface area contributed by atoms with E-state index in [1.807, 2.05) is 6.07 Å². The molecule has 0 unspecified atom stereocenters. The lowest BCUT2D eigenvalue weighted by Crippen LogP contribution is -2.26. The predicted octanol–water partition coefficient (Wildman–Crippen LogP) is 4.71. The fourth-order valence-corrected chi connectivity index (χ4v) is 4.17. The summed E-state index contributed by atoms with van der Waals surface area (Å²) in [6.07, 6.45) is 1.03. The van der Waals surface area contributed by atoms with Gasteiger partial charge in [0.05, 0.1) is 5.56 Å². The van der Waals surface area contributed by atoms with E-state index in [9.17, 15) is 17.6 Å². The van der Waals surface area contributed by atoms with Crippen LogP contribution >= 0.6 is 0 Å². The first kappa shape index (κ1) is 20.7. The number of amidine groups is 1. The minimum atomic E-state index is -4.67. The van der Waals surface area contributed by atoms with E-state index in [1.54, 1.807) is 36.7 Å². The van der Waals surface area contributed by atoms with Crippen LogP contribution in [0, 0.1) is 5.82 Å². The first-order chi connectivity index (χ1) is 15.8. The van der Waals surface area contributed by atoms with Gasteiger partial charge in [0.1, 0.15) is 29.2 Å². The second kappa shape index (κ2) is 7.47. The van der Waals surface area contributed by atoms with Crippen LogP contribution in [0.1, 0.15) is 27.9 Å². The zero-order chi connectivity index (χ0) is 23.2. The SMILES string of the molecule is NC1=N[C@@](c2cccc(-c3cncnc3)c2)(c2ccnc(C(F)(F)F)c2)c2cccc(F)c21. The zero-order valence-electron chi connectivity index (χ0n) is 16.9. The molecule has 0 radical (unpaired) electrons. The van der Waals surface area contributed by atoms with Gasteiger partial charge in [-0.25, -0.2) is 19.4 Å². The van der Waals surface area contributed by atoms with Gasteiger partial charge in [-0.2, -0.15) is 13.2 Å². The average molecular weight is 449 g/mol. The third-order valence-electron chi connectivity index (χ3n) is 5.59. The van der Waals surface area contributed by atoms with Gasteiger partial charge in [-0.05, 0) is 41.0 Å². The Morgan fingerprint density at radius 1 is 0.848 bits per heavy atom. The molecule has 1 aliphatic heterocycles. The van der Waals surface area contributed by atoms with Crippen molar-refractivity contribution in [2.75, 3.05) is 0 Å². The highest BCUT2D eigenvalue weighted by Gasteiger charge is 2.45. The molecule has 33 heavy (non-hydrogen) atoms. The fourth-order valence-electron chi connectivity index (χ4n) is 4.17. The van der Waals surface area contributed by atoms with Crippen molar-refractivity contribution >= 4 is 5.84 Å². The molecule has 1 atom stereocenters. The smallest absolute Gasteiger partial charge is 0.383 e. The maximum atomic E-state index is 14.8. The molecule has 0 bridgehead atoms. The second-order valence-electron chi connectivity index (χ2n) is 7.51. The summed E-state index contributed by atoms with van der Waals surface area (Å²) in [4.78, 5) is 16.1. The van der Waals surface area contributed by atoms with E-state index in [0.717, 1.165) is 17.8 Å². The normalized spacial score (nSPS) is 17.5. The van der Waals surface area contributed by atoms with Crippen molar-refractivity contribution in [3.05, 3.63) is 113 Å². The molecule has 0 spiro atoms. The number of alkyl halides is 3. The Morgan fingerprint density at radius 2 is 1.58 bits per heavy atom. The second-order valence-corrected chi connectivity index (χ2v) is 7.51. The summed E-state index contributed by atoms with van der Waals surface area (Å²) in [5.41, 5.74) is 6.05. The third-order valence-corrected chi connectivity index (χ3v) is 5.59. The van der Waals surface area contributed by atoms with Gasteiger partial charge in [0.25, 0.3) is 0 Å².